The van der Waals surface area contributed by atoms with Crippen LogP contribution in [0.5, 0.6) is 0 Å². The van der Waals surface area contributed by atoms with Gasteiger partial charge in [-0.25, -0.2) is 0 Å². The summed E-state index contributed by atoms with van der Waals surface area (Å²) in [6.45, 7) is 4.18. The fourth-order valence-corrected chi connectivity index (χ4v) is 3.52. The van der Waals surface area contributed by atoms with Gasteiger partial charge < -0.3 is 19.0 Å². The molecule has 0 radical (unpaired) electrons. The molecule has 2 amide bonds. The van der Waals surface area contributed by atoms with Crippen molar-refractivity contribution >= 4 is 17.9 Å². The summed E-state index contributed by atoms with van der Waals surface area (Å²) in [5, 5.41) is 0. The maximum Gasteiger partial charge on any atom is 0.247 e. The molecular weight excluding hydrogens is 380 g/mol. The smallest absolute Gasteiger partial charge is 0.247 e. The van der Waals surface area contributed by atoms with E-state index in [1.807, 2.05) is 49.4 Å². The number of amides is 2. The third-order valence-corrected chi connectivity index (χ3v) is 5.08. The second kappa shape index (κ2) is 11.4. The summed E-state index contributed by atoms with van der Waals surface area (Å²) in [6.07, 6.45) is 7.69. The molecule has 1 aliphatic rings. The van der Waals surface area contributed by atoms with Crippen LogP contribution >= 0.6 is 0 Å². The second-order valence-electron chi connectivity index (χ2n) is 7.49. The van der Waals surface area contributed by atoms with Crippen molar-refractivity contribution in [1.29, 1.82) is 0 Å². The molecule has 2 heterocycles. The van der Waals surface area contributed by atoms with Crippen LogP contribution in [0.4, 0.5) is 0 Å². The van der Waals surface area contributed by atoms with Crippen LogP contribution in [-0.2, 0) is 20.9 Å². The SMILES string of the molecule is CCCN(CC(=O)N(Cc1ccco1)C[C@H]1CCCO1)C(=O)/C=C/c1ccccc1. The van der Waals surface area contributed by atoms with Crippen LogP contribution < -0.4 is 0 Å². The number of rotatable bonds is 10. The summed E-state index contributed by atoms with van der Waals surface area (Å²) in [7, 11) is 0. The van der Waals surface area contributed by atoms with Gasteiger partial charge in [0.15, 0.2) is 0 Å². The minimum atomic E-state index is -0.163. The van der Waals surface area contributed by atoms with Crippen molar-refractivity contribution in [3.63, 3.8) is 0 Å². The quantitative estimate of drug-likeness (QED) is 0.560. The van der Waals surface area contributed by atoms with Crippen LogP contribution in [0.15, 0.2) is 59.2 Å². The molecule has 1 atom stereocenters. The molecule has 160 valence electrons. The van der Waals surface area contributed by atoms with E-state index in [1.54, 1.807) is 22.1 Å². The van der Waals surface area contributed by atoms with Gasteiger partial charge in [0.05, 0.1) is 18.9 Å². The van der Waals surface area contributed by atoms with Crippen molar-refractivity contribution in [3.05, 3.63) is 66.1 Å². The third-order valence-electron chi connectivity index (χ3n) is 5.08. The monoisotopic (exact) mass is 410 g/mol. The molecule has 0 saturated carbocycles. The van der Waals surface area contributed by atoms with E-state index < -0.39 is 0 Å². The fourth-order valence-electron chi connectivity index (χ4n) is 3.52. The number of ether oxygens (including phenoxy) is 1. The Morgan fingerprint density at radius 1 is 1.13 bits per heavy atom. The van der Waals surface area contributed by atoms with Gasteiger partial charge in [0.25, 0.3) is 0 Å². The van der Waals surface area contributed by atoms with Gasteiger partial charge in [0.1, 0.15) is 12.3 Å². The molecule has 1 aromatic heterocycles. The van der Waals surface area contributed by atoms with Crippen molar-refractivity contribution in [1.82, 2.24) is 9.80 Å². The molecule has 0 aliphatic carbocycles. The first-order valence-corrected chi connectivity index (χ1v) is 10.6. The van der Waals surface area contributed by atoms with Crippen LogP contribution in [0, 0.1) is 0 Å². The number of benzene rings is 1. The Morgan fingerprint density at radius 3 is 2.63 bits per heavy atom. The second-order valence-corrected chi connectivity index (χ2v) is 7.49. The number of carbonyl (C=O) groups is 2. The maximum atomic E-state index is 13.1. The summed E-state index contributed by atoms with van der Waals surface area (Å²) in [5.41, 5.74) is 0.950. The molecule has 1 saturated heterocycles. The van der Waals surface area contributed by atoms with E-state index in [0.717, 1.165) is 37.2 Å². The zero-order chi connectivity index (χ0) is 21.2. The highest BCUT2D eigenvalue weighted by molar-refractivity contribution is 5.94. The Morgan fingerprint density at radius 2 is 1.97 bits per heavy atom. The van der Waals surface area contributed by atoms with E-state index >= 15 is 0 Å². The van der Waals surface area contributed by atoms with E-state index in [2.05, 4.69) is 0 Å². The van der Waals surface area contributed by atoms with Crippen molar-refractivity contribution < 1.29 is 18.7 Å². The Kier molecular flexibility index (Phi) is 8.27. The van der Waals surface area contributed by atoms with Crippen LogP contribution in [0.1, 0.15) is 37.5 Å². The highest BCUT2D eigenvalue weighted by Crippen LogP contribution is 2.16. The van der Waals surface area contributed by atoms with Gasteiger partial charge in [-0.2, -0.15) is 0 Å². The minimum Gasteiger partial charge on any atom is -0.467 e. The summed E-state index contributed by atoms with van der Waals surface area (Å²) >= 11 is 0. The molecule has 6 nitrogen and oxygen atoms in total. The summed E-state index contributed by atoms with van der Waals surface area (Å²) in [5.74, 6) is 0.458. The zero-order valence-electron chi connectivity index (χ0n) is 17.5. The molecule has 0 N–H and O–H groups in total. The normalized spacial score (nSPS) is 16.1. The summed E-state index contributed by atoms with van der Waals surface area (Å²) in [6, 6.07) is 13.3. The number of hydrogen-bond acceptors (Lipinski definition) is 4. The maximum absolute atomic E-state index is 13.1. The van der Waals surface area contributed by atoms with Gasteiger partial charge in [-0.15, -0.1) is 0 Å². The van der Waals surface area contributed by atoms with Crippen molar-refractivity contribution in [3.8, 4) is 0 Å². The van der Waals surface area contributed by atoms with Gasteiger partial charge in [-0.05, 0) is 43.0 Å². The van der Waals surface area contributed by atoms with E-state index in [0.29, 0.717) is 19.6 Å². The molecule has 1 fully saturated rings. The van der Waals surface area contributed by atoms with Gasteiger partial charge in [0.2, 0.25) is 11.8 Å². The number of hydrogen-bond donors (Lipinski definition) is 0. The van der Waals surface area contributed by atoms with Crippen LogP contribution in [0.3, 0.4) is 0 Å². The summed E-state index contributed by atoms with van der Waals surface area (Å²) in [4.78, 5) is 29.2. The lowest BCUT2D eigenvalue weighted by Gasteiger charge is -2.28. The Bertz CT molecular complexity index is 811. The summed E-state index contributed by atoms with van der Waals surface area (Å²) < 4.78 is 11.2. The Labute approximate surface area is 178 Å². The lowest BCUT2D eigenvalue weighted by Crippen LogP contribution is -2.44. The van der Waals surface area contributed by atoms with E-state index in [-0.39, 0.29) is 24.5 Å². The molecule has 0 unspecified atom stereocenters. The predicted octanol–water partition coefficient (Wildman–Crippen LogP) is 3.74. The first-order chi connectivity index (χ1) is 14.7. The van der Waals surface area contributed by atoms with Crippen molar-refractivity contribution in [2.75, 3.05) is 26.2 Å². The first kappa shape index (κ1) is 21.8. The molecule has 1 aromatic carbocycles. The molecule has 1 aliphatic heterocycles. The number of nitrogens with zero attached hydrogens (tertiary/aromatic N) is 2. The standard InChI is InChI=1S/C24H30N2O4/c1-2-14-25(23(27)13-12-20-8-4-3-5-9-20)19-24(28)26(17-21-10-6-15-29-21)18-22-11-7-16-30-22/h3-6,8-10,12-13,15,22H,2,7,11,14,16-19H2,1H3/b13-12+/t22-/m1/s1. The number of carbonyl (C=O) groups excluding carboxylic acids is 2. The van der Waals surface area contributed by atoms with Gasteiger partial charge in [-0.1, -0.05) is 37.3 Å². The fraction of sp³-hybridized carbons (Fsp3) is 0.417. The highest BCUT2D eigenvalue weighted by atomic mass is 16.5. The predicted molar refractivity (Wildman–Crippen MR) is 115 cm³/mol. The molecule has 30 heavy (non-hydrogen) atoms. The topological polar surface area (TPSA) is 63.0 Å². The average Bonchev–Trinajstić information content (AvgIpc) is 3.46. The van der Waals surface area contributed by atoms with Crippen molar-refractivity contribution in [2.24, 2.45) is 0 Å². The Balaban J connectivity index is 1.66. The lowest BCUT2D eigenvalue weighted by molar-refractivity contribution is -0.139. The largest absolute Gasteiger partial charge is 0.467 e. The third kappa shape index (κ3) is 6.59. The van der Waals surface area contributed by atoms with E-state index in [9.17, 15) is 9.59 Å². The van der Waals surface area contributed by atoms with Crippen LogP contribution in [0.25, 0.3) is 6.08 Å². The van der Waals surface area contributed by atoms with E-state index in [1.165, 1.54) is 6.08 Å². The molecular formula is C24H30N2O4. The highest BCUT2D eigenvalue weighted by Gasteiger charge is 2.25. The first-order valence-electron chi connectivity index (χ1n) is 10.6. The molecule has 0 bridgehead atoms. The van der Waals surface area contributed by atoms with Crippen molar-refractivity contribution in [2.45, 2.75) is 38.8 Å². The molecule has 2 aromatic rings. The molecule has 6 heteroatoms. The van der Waals surface area contributed by atoms with Crippen LogP contribution in [0.2, 0.25) is 0 Å². The average molecular weight is 411 g/mol. The molecule has 3 rings (SSSR count). The molecule has 0 spiro atoms. The van der Waals surface area contributed by atoms with Gasteiger partial charge in [-0.3, -0.25) is 9.59 Å². The van der Waals surface area contributed by atoms with Gasteiger partial charge in [0, 0.05) is 25.8 Å². The Hall–Kier alpha value is -2.86. The van der Waals surface area contributed by atoms with Crippen LogP contribution in [-0.4, -0.2) is 54.0 Å². The lowest BCUT2D eigenvalue weighted by atomic mass is 10.2. The number of furan rings is 1. The van der Waals surface area contributed by atoms with Gasteiger partial charge >= 0.3 is 0 Å². The zero-order valence-corrected chi connectivity index (χ0v) is 17.5. The van der Waals surface area contributed by atoms with E-state index in [4.69, 9.17) is 9.15 Å². The minimum absolute atomic E-state index is 0.0391.